The molecule has 2 nitrogen and oxygen atoms in total. The molecule has 1 aliphatic carbocycles. The van der Waals surface area contributed by atoms with Crippen LogP contribution in [0.1, 0.15) is 65.7 Å². The average molecular weight is 254 g/mol. The van der Waals surface area contributed by atoms with E-state index in [1.807, 2.05) is 0 Å². The quantitative estimate of drug-likeness (QED) is 0.697. The van der Waals surface area contributed by atoms with Crippen molar-refractivity contribution >= 4 is 0 Å². The van der Waals surface area contributed by atoms with Gasteiger partial charge in [0.1, 0.15) is 0 Å². The van der Waals surface area contributed by atoms with Gasteiger partial charge in [0.05, 0.1) is 0 Å². The van der Waals surface area contributed by atoms with Crippen molar-refractivity contribution in [2.24, 2.45) is 5.92 Å². The molecule has 18 heavy (non-hydrogen) atoms. The first-order valence-corrected chi connectivity index (χ1v) is 8.16. The van der Waals surface area contributed by atoms with E-state index in [0.29, 0.717) is 0 Å². The molecule has 0 heterocycles. The molecule has 2 heteroatoms. The molecule has 0 saturated heterocycles. The molecule has 1 rings (SSSR count). The van der Waals surface area contributed by atoms with Gasteiger partial charge in [0, 0.05) is 18.6 Å². The maximum Gasteiger partial charge on any atom is 0.0107 e. The summed E-state index contributed by atoms with van der Waals surface area (Å²) >= 11 is 0. The zero-order valence-electron chi connectivity index (χ0n) is 13.0. The van der Waals surface area contributed by atoms with E-state index in [9.17, 15) is 0 Å². The Bertz CT molecular complexity index is 201. The third kappa shape index (κ3) is 4.89. The van der Waals surface area contributed by atoms with Gasteiger partial charge in [-0.1, -0.05) is 40.0 Å². The highest BCUT2D eigenvalue weighted by molar-refractivity contribution is 4.82. The summed E-state index contributed by atoms with van der Waals surface area (Å²) in [6, 6.07) is 1.53. The molecule has 1 N–H and O–H groups in total. The fraction of sp³-hybridized carbons (Fsp3) is 1.00. The molecule has 0 radical (unpaired) electrons. The Balaban J connectivity index is 2.53. The van der Waals surface area contributed by atoms with E-state index in [1.165, 1.54) is 51.5 Å². The summed E-state index contributed by atoms with van der Waals surface area (Å²) in [5.41, 5.74) is 0. The van der Waals surface area contributed by atoms with Crippen LogP contribution in [0.5, 0.6) is 0 Å². The molecule has 0 aliphatic heterocycles. The summed E-state index contributed by atoms with van der Waals surface area (Å²) in [7, 11) is 2.32. The predicted molar refractivity (Wildman–Crippen MR) is 81.0 cm³/mol. The van der Waals surface area contributed by atoms with Gasteiger partial charge in [-0.05, 0) is 45.2 Å². The second kappa shape index (κ2) is 8.92. The molecule has 2 atom stereocenters. The van der Waals surface area contributed by atoms with Gasteiger partial charge < -0.3 is 10.2 Å². The van der Waals surface area contributed by atoms with Gasteiger partial charge in [0.2, 0.25) is 0 Å². The SMILES string of the molecule is CCNC1CCCCCC1CN(C)C(CC)CC. The van der Waals surface area contributed by atoms with Crippen molar-refractivity contribution in [3.8, 4) is 0 Å². The predicted octanol–water partition coefficient (Wildman–Crippen LogP) is 3.67. The normalized spacial score (nSPS) is 25.7. The van der Waals surface area contributed by atoms with Crippen LogP contribution in [0.15, 0.2) is 0 Å². The summed E-state index contributed by atoms with van der Waals surface area (Å²) in [4.78, 5) is 2.61. The summed E-state index contributed by atoms with van der Waals surface area (Å²) in [6.45, 7) is 9.28. The van der Waals surface area contributed by atoms with Crippen molar-refractivity contribution in [3.63, 3.8) is 0 Å². The van der Waals surface area contributed by atoms with Gasteiger partial charge in [-0.25, -0.2) is 0 Å². The fourth-order valence-corrected chi connectivity index (χ4v) is 3.56. The molecule has 0 aromatic rings. The molecule has 0 spiro atoms. The van der Waals surface area contributed by atoms with Crippen molar-refractivity contribution in [1.82, 2.24) is 10.2 Å². The highest BCUT2D eigenvalue weighted by atomic mass is 15.1. The Labute approximate surface area is 115 Å². The van der Waals surface area contributed by atoms with E-state index in [4.69, 9.17) is 0 Å². The Hall–Kier alpha value is -0.0800. The third-order valence-electron chi connectivity index (χ3n) is 4.71. The van der Waals surface area contributed by atoms with Crippen molar-refractivity contribution in [1.29, 1.82) is 0 Å². The minimum absolute atomic E-state index is 0.759. The van der Waals surface area contributed by atoms with E-state index < -0.39 is 0 Å². The first-order chi connectivity index (χ1) is 8.72. The van der Waals surface area contributed by atoms with Gasteiger partial charge in [-0.2, -0.15) is 0 Å². The first kappa shape index (κ1) is 16.0. The lowest BCUT2D eigenvalue weighted by Gasteiger charge is -2.33. The smallest absolute Gasteiger partial charge is 0.0107 e. The van der Waals surface area contributed by atoms with Crippen LogP contribution in [-0.2, 0) is 0 Å². The van der Waals surface area contributed by atoms with Gasteiger partial charge in [-0.15, -0.1) is 0 Å². The zero-order chi connectivity index (χ0) is 13.4. The maximum absolute atomic E-state index is 3.73. The van der Waals surface area contributed by atoms with E-state index in [-0.39, 0.29) is 0 Å². The van der Waals surface area contributed by atoms with Crippen molar-refractivity contribution in [2.45, 2.75) is 77.8 Å². The van der Waals surface area contributed by atoms with Crippen molar-refractivity contribution in [2.75, 3.05) is 20.1 Å². The van der Waals surface area contributed by atoms with Crippen LogP contribution in [0.25, 0.3) is 0 Å². The van der Waals surface area contributed by atoms with Crippen LogP contribution in [0.2, 0.25) is 0 Å². The standard InChI is InChI=1S/C16H34N2/c1-5-15(6-2)18(4)13-14-11-9-8-10-12-16(14)17-7-3/h14-17H,5-13H2,1-4H3. The van der Waals surface area contributed by atoms with Crippen LogP contribution >= 0.6 is 0 Å². The number of hydrogen-bond donors (Lipinski definition) is 1. The minimum Gasteiger partial charge on any atom is -0.314 e. The molecule has 0 aromatic carbocycles. The van der Waals surface area contributed by atoms with Gasteiger partial charge in [-0.3, -0.25) is 0 Å². The van der Waals surface area contributed by atoms with Crippen LogP contribution in [0, 0.1) is 5.92 Å². The Kier molecular flexibility index (Phi) is 7.92. The lowest BCUT2D eigenvalue weighted by Crippen LogP contribution is -2.43. The van der Waals surface area contributed by atoms with Crippen molar-refractivity contribution < 1.29 is 0 Å². The van der Waals surface area contributed by atoms with E-state index >= 15 is 0 Å². The molecule has 0 amide bonds. The molecule has 108 valence electrons. The largest absolute Gasteiger partial charge is 0.314 e. The molecule has 1 saturated carbocycles. The van der Waals surface area contributed by atoms with Gasteiger partial charge in [0.15, 0.2) is 0 Å². The molecular weight excluding hydrogens is 220 g/mol. The topological polar surface area (TPSA) is 15.3 Å². The van der Waals surface area contributed by atoms with E-state index in [2.05, 4.69) is 38.0 Å². The Morgan fingerprint density at radius 1 is 1.06 bits per heavy atom. The van der Waals surface area contributed by atoms with Gasteiger partial charge >= 0.3 is 0 Å². The Morgan fingerprint density at radius 3 is 2.33 bits per heavy atom. The van der Waals surface area contributed by atoms with Crippen LogP contribution in [0.3, 0.4) is 0 Å². The van der Waals surface area contributed by atoms with Crippen molar-refractivity contribution in [3.05, 3.63) is 0 Å². The maximum atomic E-state index is 3.73. The monoisotopic (exact) mass is 254 g/mol. The van der Waals surface area contributed by atoms with Crippen LogP contribution in [0.4, 0.5) is 0 Å². The molecule has 0 bridgehead atoms. The van der Waals surface area contributed by atoms with E-state index in [1.54, 1.807) is 0 Å². The molecule has 1 fully saturated rings. The lowest BCUT2D eigenvalue weighted by molar-refractivity contribution is 0.169. The van der Waals surface area contributed by atoms with Crippen LogP contribution < -0.4 is 5.32 Å². The zero-order valence-corrected chi connectivity index (χ0v) is 13.0. The van der Waals surface area contributed by atoms with Gasteiger partial charge in [0.25, 0.3) is 0 Å². The highest BCUT2D eigenvalue weighted by Gasteiger charge is 2.25. The fourth-order valence-electron chi connectivity index (χ4n) is 3.56. The Morgan fingerprint density at radius 2 is 1.72 bits per heavy atom. The second-order valence-electron chi connectivity index (χ2n) is 5.97. The molecule has 2 unspecified atom stereocenters. The summed E-state index contributed by atoms with van der Waals surface area (Å²) in [6.07, 6.45) is 9.66. The average Bonchev–Trinajstić information content (AvgIpc) is 2.57. The summed E-state index contributed by atoms with van der Waals surface area (Å²) < 4.78 is 0. The third-order valence-corrected chi connectivity index (χ3v) is 4.71. The molecule has 1 aliphatic rings. The molecular formula is C16H34N2. The summed E-state index contributed by atoms with van der Waals surface area (Å²) in [5, 5.41) is 3.73. The first-order valence-electron chi connectivity index (χ1n) is 8.16. The van der Waals surface area contributed by atoms with Crippen LogP contribution in [-0.4, -0.2) is 37.1 Å². The highest BCUT2D eigenvalue weighted by Crippen LogP contribution is 2.25. The number of nitrogens with zero attached hydrogens (tertiary/aromatic N) is 1. The number of nitrogens with one attached hydrogen (secondary N) is 1. The minimum atomic E-state index is 0.759. The lowest BCUT2D eigenvalue weighted by atomic mass is 9.93. The second-order valence-corrected chi connectivity index (χ2v) is 5.97. The molecule has 0 aromatic heterocycles. The number of rotatable bonds is 7. The van der Waals surface area contributed by atoms with E-state index in [0.717, 1.165) is 24.5 Å². The summed E-state index contributed by atoms with van der Waals surface area (Å²) in [5.74, 6) is 0.859. The number of hydrogen-bond acceptors (Lipinski definition) is 2.